The summed E-state index contributed by atoms with van der Waals surface area (Å²) in [5, 5.41) is -0.519. The Bertz CT molecular complexity index is 1160. The molecule has 0 spiro atoms. The Morgan fingerprint density at radius 3 is 2.38 bits per heavy atom. The molecule has 0 N–H and O–H groups in total. The smallest absolute Gasteiger partial charge is 0.337 e. The van der Waals surface area contributed by atoms with Gasteiger partial charge >= 0.3 is 11.9 Å². The van der Waals surface area contributed by atoms with Crippen molar-refractivity contribution in [1.29, 1.82) is 0 Å². The van der Waals surface area contributed by atoms with Crippen molar-refractivity contribution in [2.24, 2.45) is 0 Å². The molecule has 1 aliphatic heterocycles. The average molecular weight is 457 g/mol. The van der Waals surface area contributed by atoms with Gasteiger partial charge in [0.2, 0.25) is 0 Å². The van der Waals surface area contributed by atoms with Crippen molar-refractivity contribution >= 4 is 40.9 Å². The zero-order valence-corrected chi connectivity index (χ0v) is 19.5. The van der Waals surface area contributed by atoms with Crippen LogP contribution in [0.15, 0.2) is 29.2 Å². The van der Waals surface area contributed by atoms with Crippen molar-refractivity contribution < 1.29 is 28.7 Å². The van der Waals surface area contributed by atoms with E-state index < -0.39 is 29.1 Å². The zero-order valence-electron chi connectivity index (χ0n) is 18.7. The predicted octanol–water partition coefficient (Wildman–Crippen LogP) is 3.79. The Morgan fingerprint density at radius 2 is 1.75 bits per heavy atom. The lowest BCUT2D eigenvalue weighted by atomic mass is 10.1. The number of hydrogen-bond acceptors (Lipinski definition) is 7. The Labute approximate surface area is 190 Å². The highest BCUT2D eigenvalue weighted by Gasteiger charge is 2.41. The number of aromatic nitrogens is 1. The van der Waals surface area contributed by atoms with Crippen molar-refractivity contribution in [1.82, 2.24) is 9.47 Å². The van der Waals surface area contributed by atoms with E-state index in [-0.39, 0.29) is 4.91 Å². The Balaban J connectivity index is 2.02. The van der Waals surface area contributed by atoms with Crippen LogP contribution < -0.4 is 0 Å². The molecular formula is C23H24N2O6S. The van der Waals surface area contributed by atoms with E-state index in [1.807, 2.05) is 37.5 Å². The number of benzene rings is 1. The number of carbonyl (C=O) groups is 4. The highest BCUT2D eigenvalue weighted by Crippen LogP contribution is 2.35. The van der Waals surface area contributed by atoms with Gasteiger partial charge in [-0.15, -0.1) is 0 Å². The van der Waals surface area contributed by atoms with Crippen LogP contribution in [0.2, 0.25) is 0 Å². The van der Waals surface area contributed by atoms with Crippen molar-refractivity contribution in [2.75, 3.05) is 14.2 Å². The van der Waals surface area contributed by atoms with Gasteiger partial charge in [-0.3, -0.25) is 14.5 Å². The van der Waals surface area contributed by atoms with Gasteiger partial charge in [-0.05, 0) is 74.9 Å². The summed E-state index contributed by atoms with van der Waals surface area (Å²) >= 11 is 0.785. The summed E-state index contributed by atoms with van der Waals surface area (Å²) in [5.41, 5.74) is 4.68. The van der Waals surface area contributed by atoms with E-state index in [0.29, 0.717) is 5.56 Å². The Hall–Kier alpha value is -3.33. The normalized spacial score (nSPS) is 15.9. The quantitative estimate of drug-likeness (QED) is 0.499. The van der Waals surface area contributed by atoms with Crippen LogP contribution in [0, 0.1) is 20.8 Å². The zero-order chi connectivity index (χ0) is 23.7. The van der Waals surface area contributed by atoms with Crippen molar-refractivity contribution in [2.45, 2.75) is 33.7 Å². The maximum absolute atomic E-state index is 12.8. The molecule has 168 valence electrons. The number of ether oxygens (including phenoxy) is 2. The first-order valence-corrected chi connectivity index (χ1v) is 10.7. The van der Waals surface area contributed by atoms with Crippen LogP contribution in [0.1, 0.15) is 39.8 Å². The van der Waals surface area contributed by atoms with Gasteiger partial charge < -0.3 is 14.0 Å². The van der Waals surface area contributed by atoms with Crippen LogP contribution in [0.25, 0.3) is 11.8 Å². The van der Waals surface area contributed by atoms with E-state index in [4.69, 9.17) is 4.74 Å². The van der Waals surface area contributed by atoms with E-state index in [1.54, 1.807) is 18.2 Å². The number of esters is 2. The molecule has 8 nitrogen and oxygen atoms in total. The number of amides is 2. The standard InChI is InChI=1S/C23H24N2O6S/c1-12-7-8-16(22(28)31-6)10-18(12)24-13(2)9-17(14(24)3)11-19-20(26)25(23(29)32-19)15(4)21(27)30-5/h7-11,15H,1-6H3/b19-11+/t15-/m1/s1. The molecule has 1 aromatic heterocycles. The second kappa shape index (κ2) is 9.04. The SMILES string of the molecule is COC(=O)c1ccc(C)c(-n2c(C)cc(/C=C3/SC(=O)N([C@H](C)C(=O)OC)C3=O)c2C)c1. The van der Waals surface area contributed by atoms with E-state index >= 15 is 0 Å². The summed E-state index contributed by atoms with van der Waals surface area (Å²) in [6, 6.07) is 6.21. The number of thioether (sulfide) groups is 1. The number of methoxy groups -OCH3 is 2. The summed E-state index contributed by atoms with van der Waals surface area (Å²) in [4.78, 5) is 50.1. The summed E-state index contributed by atoms with van der Waals surface area (Å²) in [7, 11) is 2.54. The lowest BCUT2D eigenvalue weighted by Crippen LogP contribution is -2.42. The molecule has 32 heavy (non-hydrogen) atoms. The van der Waals surface area contributed by atoms with Gasteiger partial charge in [0, 0.05) is 17.1 Å². The molecule has 1 aliphatic rings. The molecule has 0 unspecified atom stereocenters. The minimum absolute atomic E-state index is 0.228. The summed E-state index contributed by atoms with van der Waals surface area (Å²) in [6.45, 7) is 7.20. The highest BCUT2D eigenvalue weighted by molar-refractivity contribution is 8.18. The van der Waals surface area contributed by atoms with E-state index in [2.05, 4.69) is 4.74 Å². The van der Waals surface area contributed by atoms with Crippen LogP contribution in [0.3, 0.4) is 0 Å². The molecule has 3 rings (SSSR count). The molecule has 1 atom stereocenters. The summed E-state index contributed by atoms with van der Waals surface area (Å²) in [6.07, 6.45) is 1.65. The summed E-state index contributed by atoms with van der Waals surface area (Å²) in [5.74, 6) is -1.62. The van der Waals surface area contributed by atoms with Gasteiger partial charge in [0.15, 0.2) is 0 Å². The second-order valence-electron chi connectivity index (χ2n) is 7.41. The summed E-state index contributed by atoms with van der Waals surface area (Å²) < 4.78 is 11.5. The van der Waals surface area contributed by atoms with Crippen LogP contribution in [0.5, 0.6) is 0 Å². The Morgan fingerprint density at radius 1 is 1.06 bits per heavy atom. The molecule has 2 aromatic rings. The fourth-order valence-corrected chi connectivity index (χ4v) is 4.53. The lowest BCUT2D eigenvalue weighted by Gasteiger charge is -2.18. The largest absolute Gasteiger partial charge is 0.467 e. The topological polar surface area (TPSA) is 94.9 Å². The molecule has 2 heterocycles. The third kappa shape index (κ3) is 4.08. The van der Waals surface area contributed by atoms with Gasteiger partial charge in [-0.2, -0.15) is 0 Å². The number of aryl methyl sites for hydroxylation is 2. The molecule has 0 aliphatic carbocycles. The third-order valence-corrected chi connectivity index (χ3v) is 6.26. The Kier molecular flexibility index (Phi) is 6.59. The first kappa shape index (κ1) is 23.3. The van der Waals surface area contributed by atoms with Gasteiger partial charge in [-0.1, -0.05) is 6.07 Å². The van der Waals surface area contributed by atoms with E-state index in [0.717, 1.165) is 44.9 Å². The molecule has 1 fully saturated rings. The maximum atomic E-state index is 12.8. The van der Waals surface area contributed by atoms with Gasteiger partial charge in [0.1, 0.15) is 6.04 Å². The molecule has 1 saturated heterocycles. The van der Waals surface area contributed by atoms with Gasteiger partial charge in [-0.25, -0.2) is 9.59 Å². The molecule has 0 saturated carbocycles. The minimum atomic E-state index is -1.01. The van der Waals surface area contributed by atoms with Crippen LogP contribution in [0.4, 0.5) is 4.79 Å². The predicted molar refractivity (Wildman–Crippen MR) is 121 cm³/mol. The third-order valence-electron chi connectivity index (χ3n) is 5.38. The molecule has 0 radical (unpaired) electrons. The monoisotopic (exact) mass is 456 g/mol. The highest BCUT2D eigenvalue weighted by atomic mass is 32.2. The first-order valence-electron chi connectivity index (χ1n) is 9.83. The molecular weight excluding hydrogens is 432 g/mol. The number of carbonyl (C=O) groups excluding carboxylic acids is 4. The molecule has 1 aromatic carbocycles. The second-order valence-corrected chi connectivity index (χ2v) is 8.40. The number of rotatable bonds is 5. The fourth-order valence-electron chi connectivity index (χ4n) is 3.63. The van der Waals surface area contributed by atoms with Gasteiger partial charge in [0.25, 0.3) is 11.1 Å². The first-order chi connectivity index (χ1) is 15.1. The van der Waals surface area contributed by atoms with Gasteiger partial charge in [0.05, 0.1) is 24.7 Å². The molecule has 9 heteroatoms. The number of hydrogen-bond donors (Lipinski definition) is 0. The lowest BCUT2D eigenvalue weighted by molar-refractivity contribution is -0.148. The molecule has 2 amide bonds. The van der Waals surface area contributed by atoms with Crippen molar-refractivity contribution in [3.8, 4) is 5.69 Å². The fraction of sp³-hybridized carbons (Fsp3) is 0.304. The minimum Gasteiger partial charge on any atom is -0.467 e. The van der Waals surface area contributed by atoms with Crippen molar-refractivity contribution in [3.63, 3.8) is 0 Å². The van der Waals surface area contributed by atoms with E-state index in [9.17, 15) is 19.2 Å². The van der Waals surface area contributed by atoms with Crippen LogP contribution >= 0.6 is 11.8 Å². The number of nitrogens with zero attached hydrogens (tertiary/aromatic N) is 2. The van der Waals surface area contributed by atoms with Crippen LogP contribution in [-0.4, -0.2) is 52.8 Å². The van der Waals surface area contributed by atoms with Crippen molar-refractivity contribution in [3.05, 3.63) is 57.2 Å². The van der Waals surface area contributed by atoms with E-state index in [1.165, 1.54) is 21.1 Å². The maximum Gasteiger partial charge on any atom is 0.337 e. The average Bonchev–Trinajstić information content (AvgIpc) is 3.20. The molecule has 0 bridgehead atoms. The number of imide groups is 1. The van der Waals surface area contributed by atoms with Crippen LogP contribution in [-0.2, 0) is 19.1 Å².